The average molecular weight is 410 g/mol. The third kappa shape index (κ3) is 4.32. The smallest absolute Gasteiger partial charge is 0.241 e. The van der Waals surface area contributed by atoms with Crippen LogP contribution in [0.25, 0.3) is 16.6 Å². The summed E-state index contributed by atoms with van der Waals surface area (Å²) in [6.07, 6.45) is 5.32. The summed E-state index contributed by atoms with van der Waals surface area (Å²) in [5.41, 5.74) is 6.44. The fourth-order valence-corrected chi connectivity index (χ4v) is 4.48. The number of rotatable bonds is 6. The molecule has 0 aromatic carbocycles. The van der Waals surface area contributed by atoms with Crippen LogP contribution in [0.15, 0.2) is 24.4 Å². The summed E-state index contributed by atoms with van der Waals surface area (Å²) in [6, 6.07) is 6.59. The topological polar surface area (TPSA) is 84.6 Å². The van der Waals surface area contributed by atoms with Crippen molar-refractivity contribution in [3.8, 4) is 11.1 Å². The van der Waals surface area contributed by atoms with E-state index in [4.69, 9.17) is 9.84 Å². The molecule has 1 aliphatic carbocycles. The second-order valence-corrected chi connectivity index (χ2v) is 8.51. The Morgan fingerprint density at radius 2 is 1.87 bits per heavy atom. The molecule has 7 heteroatoms. The van der Waals surface area contributed by atoms with E-state index in [0.717, 1.165) is 53.7 Å². The molecule has 0 saturated heterocycles. The molecule has 3 aromatic heterocycles. The van der Waals surface area contributed by atoms with E-state index in [0.29, 0.717) is 18.5 Å². The number of hydrogen-bond donors (Lipinski definition) is 2. The van der Waals surface area contributed by atoms with E-state index in [1.54, 1.807) is 7.11 Å². The zero-order valence-corrected chi connectivity index (χ0v) is 18.2. The lowest BCUT2D eigenvalue weighted by Crippen LogP contribution is -2.23. The number of nitrogens with one attached hydrogen (secondary N) is 1. The third-order valence-corrected chi connectivity index (χ3v) is 5.84. The lowest BCUT2D eigenvalue weighted by molar-refractivity contribution is 0.121. The maximum atomic E-state index is 9.96. The molecule has 1 aliphatic rings. The maximum Gasteiger partial charge on any atom is 0.241 e. The number of anilines is 1. The Kier molecular flexibility index (Phi) is 6.01. The van der Waals surface area contributed by atoms with Crippen molar-refractivity contribution in [1.82, 2.24) is 19.6 Å². The molecule has 0 bridgehead atoms. The quantitative estimate of drug-likeness (QED) is 0.643. The van der Waals surface area contributed by atoms with E-state index in [9.17, 15) is 5.11 Å². The first kappa shape index (κ1) is 20.8. The first-order valence-electron chi connectivity index (χ1n) is 10.7. The van der Waals surface area contributed by atoms with Crippen LogP contribution in [-0.4, -0.2) is 50.6 Å². The Balaban J connectivity index is 1.80. The molecule has 0 aliphatic heterocycles. The first-order chi connectivity index (χ1) is 14.4. The van der Waals surface area contributed by atoms with Gasteiger partial charge in [0.2, 0.25) is 5.95 Å². The molecule has 7 nitrogen and oxygen atoms in total. The molecular formula is C23H31N5O2. The maximum absolute atomic E-state index is 9.96. The number of nitrogens with zero attached hydrogens (tertiary/aromatic N) is 4. The summed E-state index contributed by atoms with van der Waals surface area (Å²) in [7, 11) is 1.69. The number of hydrogen-bond acceptors (Lipinski definition) is 6. The van der Waals surface area contributed by atoms with Crippen molar-refractivity contribution >= 4 is 11.5 Å². The molecule has 0 amide bonds. The van der Waals surface area contributed by atoms with Crippen LogP contribution < -0.4 is 5.32 Å². The van der Waals surface area contributed by atoms with Crippen LogP contribution in [0.3, 0.4) is 0 Å². The lowest BCUT2D eigenvalue weighted by Gasteiger charge is -2.25. The first-order valence-corrected chi connectivity index (χ1v) is 10.7. The molecule has 1 atom stereocenters. The van der Waals surface area contributed by atoms with Crippen molar-refractivity contribution < 1.29 is 9.84 Å². The fourth-order valence-electron chi connectivity index (χ4n) is 4.48. The zero-order valence-electron chi connectivity index (χ0n) is 18.2. The molecule has 160 valence electrons. The van der Waals surface area contributed by atoms with Gasteiger partial charge in [-0.1, -0.05) is 0 Å². The van der Waals surface area contributed by atoms with Gasteiger partial charge in [0.05, 0.1) is 24.4 Å². The van der Waals surface area contributed by atoms with Crippen molar-refractivity contribution in [2.75, 3.05) is 19.0 Å². The zero-order chi connectivity index (χ0) is 21.3. The molecule has 3 heterocycles. The second kappa shape index (κ2) is 8.70. The Hall–Kier alpha value is -2.51. The molecule has 4 rings (SSSR count). The molecule has 30 heavy (non-hydrogen) atoms. The lowest BCUT2D eigenvalue weighted by atomic mass is 9.85. The summed E-state index contributed by atoms with van der Waals surface area (Å²) < 4.78 is 7.26. The van der Waals surface area contributed by atoms with E-state index in [1.165, 1.54) is 5.69 Å². The summed E-state index contributed by atoms with van der Waals surface area (Å²) in [5, 5.41) is 18.1. The van der Waals surface area contributed by atoms with Crippen LogP contribution >= 0.6 is 0 Å². The van der Waals surface area contributed by atoms with Crippen molar-refractivity contribution in [3.05, 3.63) is 41.5 Å². The standard InChI is InChI=1S/C23H31N5O2/c1-14-9-18(10-15(2)25-14)20-11-21(17-5-7-19(29)8-6-17)28-22(20)12-24-23(27-28)26-16(3)13-30-4/h9-12,16-17,19,29H,5-8,13H2,1-4H3,(H,26,27)/t16-,17-,19-/m0/s1. The molecule has 1 fully saturated rings. The number of aryl methyl sites for hydroxylation is 2. The molecule has 3 aromatic rings. The minimum atomic E-state index is -0.181. The van der Waals surface area contributed by atoms with Gasteiger partial charge in [-0.15, -0.1) is 5.10 Å². The van der Waals surface area contributed by atoms with Gasteiger partial charge >= 0.3 is 0 Å². The van der Waals surface area contributed by atoms with E-state index < -0.39 is 0 Å². The highest BCUT2D eigenvalue weighted by Gasteiger charge is 2.25. The number of aliphatic hydroxyl groups excluding tert-OH is 1. The minimum absolute atomic E-state index is 0.112. The number of methoxy groups -OCH3 is 1. The van der Waals surface area contributed by atoms with Crippen molar-refractivity contribution in [1.29, 1.82) is 0 Å². The van der Waals surface area contributed by atoms with Crippen LogP contribution in [0.1, 0.15) is 55.6 Å². The monoisotopic (exact) mass is 409 g/mol. The summed E-state index contributed by atoms with van der Waals surface area (Å²) >= 11 is 0. The summed E-state index contributed by atoms with van der Waals surface area (Å²) in [4.78, 5) is 9.10. The highest BCUT2D eigenvalue weighted by molar-refractivity contribution is 5.82. The van der Waals surface area contributed by atoms with Gasteiger partial charge in [0, 0.05) is 41.7 Å². The summed E-state index contributed by atoms with van der Waals surface area (Å²) in [5.74, 6) is 0.964. The van der Waals surface area contributed by atoms with E-state index in [1.807, 2.05) is 31.5 Å². The van der Waals surface area contributed by atoms with Gasteiger partial charge in [-0.05, 0) is 70.2 Å². The highest BCUT2D eigenvalue weighted by atomic mass is 16.5. The van der Waals surface area contributed by atoms with E-state index in [2.05, 4.69) is 33.5 Å². The van der Waals surface area contributed by atoms with Gasteiger partial charge in [0.1, 0.15) is 0 Å². The molecule has 1 saturated carbocycles. The van der Waals surface area contributed by atoms with Crippen LogP contribution in [-0.2, 0) is 4.74 Å². The van der Waals surface area contributed by atoms with Gasteiger partial charge in [-0.25, -0.2) is 9.50 Å². The Morgan fingerprint density at radius 3 is 2.53 bits per heavy atom. The Bertz CT molecular complexity index is 1000. The van der Waals surface area contributed by atoms with E-state index in [-0.39, 0.29) is 12.1 Å². The Labute approximate surface area is 177 Å². The van der Waals surface area contributed by atoms with Gasteiger partial charge < -0.3 is 15.2 Å². The SMILES string of the molecule is COC[C@H](C)Nc1ncc2c(-c3cc(C)nc(C)c3)cc([C@H]3CC[C@H](O)CC3)n2n1. The number of fused-ring (bicyclic) bond motifs is 1. The van der Waals surface area contributed by atoms with Gasteiger partial charge in [-0.3, -0.25) is 4.98 Å². The van der Waals surface area contributed by atoms with Gasteiger partial charge in [-0.2, -0.15) is 0 Å². The normalized spacial score (nSPS) is 20.4. The van der Waals surface area contributed by atoms with Crippen LogP contribution in [0.5, 0.6) is 0 Å². The third-order valence-electron chi connectivity index (χ3n) is 5.84. The molecule has 0 unspecified atom stereocenters. The fraction of sp³-hybridized carbons (Fsp3) is 0.522. The number of ether oxygens (including phenoxy) is 1. The van der Waals surface area contributed by atoms with Crippen LogP contribution in [0.2, 0.25) is 0 Å². The van der Waals surface area contributed by atoms with Crippen LogP contribution in [0.4, 0.5) is 5.95 Å². The minimum Gasteiger partial charge on any atom is -0.393 e. The van der Waals surface area contributed by atoms with Crippen molar-refractivity contribution in [2.24, 2.45) is 0 Å². The molecular weight excluding hydrogens is 378 g/mol. The largest absolute Gasteiger partial charge is 0.393 e. The van der Waals surface area contributed by atoms with Crippen molar-refractivity contribution in [3.63, 3.8) is 0 Å². The van der Waals surface area contributed by atoms with Gasteiger partial charge in [0.25, 0.3) is 0 Å². The average Bonchev–Trinajstić information content (AvgIpc) is 3.07. The highest BCUT2D eigenvalue weighted by Crippen LogP contribution is 2.37. The number of pyridine rings is 1. The predicted molar refractivity (Wildman–Crippen MR) is 118 cm³/mol. The van der Waals surface area contributed by atoms with Crippen molar-refractivity contribution in [2.45, 2.75) is 64.5 Å². The Morgan fingerprint density at radius 1 is 1.17 bits per heavy atom. The molecule has 0 radical (unpaired) electrons. The number of aromatic nitrogens is 4. The molecule has 2 N–H and O–H groups in total. The molecule has 0 spiro atoms. The predicted octanol–water partition coefficient (Wildman–Crippen LogP) is 3.87. The summed E-state index contributed by atoms with van der Waals surface area (Å²) in [6.45, 7) is 6.67. The number of aliphatic hydroxyl groups is 1. The van der Waals surface area contributed by atoms with Crippen LogP contribution in [0, 0.1) is 13.8 Å². The van der Waals surface area contributed by atoms with Gasteiger partial charge in [0.15, 0.2) is 0 Å². The second-order valence-electron chi connectivity index (χ2n) is 8.51. The van der Waals surface area contributed by atoms with E-state index >= 15 is 0 Å².